The van der Waals surface area contributed by atoms with Gasteiger partial charge in [-0.2, -0.15) is 18.2 Å². The number of carbonyl (C=O) groups is 1. The maximum absolute atomic E-state index is 12.7. The minimum Gasteiger partial charge on any atom is -0.381 e. The number of ether oxygens (including phenoxy) is 1. The maximum Gasteiger partial charge on any atom is 0.471 e. The highest BCUT2D eigenvalue weighted by Gasteiger charge is 2.39. The third-order valence-corrected chi connectivity index (χ3v) is 4.78. The van der Waals surface area contributed by atoms with Crippen molar-refractivity contribution in [1.29, 1.82) is 0 Å². The molecular weight excluding hydrogens is 363 g/mol. The molecule has 27 heavy (non-hydrogen) atoms. The lowest BCUT2D eigenvalue weighted by Crippen LogP contribution is -2.37. The van der Waals surface area contributed by atoms with Crippen molar-refractivity contribution in [2.45, 2.75) is 38.0 Å². The molecule has 2 heterocycles. The summed E-state index contributed by atoms with van der Waals surface area (Å²) in [4.78, 5) is 18.0. The first-order valence-corrected chi connectivity index (χ1v) is 8.80. The molecule has 1 aromatic heterocycles. The molecule has 0 bridgehead atoms. The highest BCUT2D eigenvalue weighted by molar-refractivity contribution is 5.80. The van der Waals surface area contributed by atoms with Crippen LogP contribution >= 0.6 is 0 Å². The minimum absolute atomic E-state index is 0.0787. The van der Waals surface area contributed by atoms with Crippen molar-refractivity contribution in [2.75, 3.05) is 13.2 Å². The van der Waals surface area contributed by atoms with Crippen LogP contribution in [-0.4, -0.2) is 40.2 Å². The number of halogens is 3. The summed E-state index contributed by atoms with van der Waals surface area (Å²) < 4.78 is 47.3. The SMILES string of the molecule is O=C(C1CCOC1)N(Cc1ccc(-c2noc(C(F)(F)F)n2)cc1)C1CC1. The van der Waals surface area contributed by atoms with E-state index in [9.17, 15) is 18.0 Å². The van der Waals surface area contributed by atoms with Gasteiger partial charge in [-0.1, -0.05) is 29.4 Å². The highest BCUT2D eigenvalue weighted by atomic mass is 19.4. The predicted molar refractivity (Wildman–Crippen MR) is 87.2 cm³/mol. The molecule has 1 aliphatic heterocycles. The molecule has 144 valence electrons. The third kappa shape index (κ3) is 3.97. The van der Waals surface area contributed by atoms with Gasteiger partial charge in [-0.3, -0.25) is 4.79 Å². The quantitative estimate of drug-likeness (QED) is 0.795. The summed E-state index contributed by atoms with van der Waals surface area (Å²) in [6.07, 6.45) is -1.92. The van der Waals surface area contributed by atoms with Gasteiger partial charge in [-0.25, -0.2) is 0 Å². The Bertz CT molecular complexity index is 809. The standard InChI is InChI=1S/C18H18F3N3O3/c19-18(20,21)17-22-15(23-27-17)12-3-1-11(2-4-12)9-24(14-5-6-14)16(25)13-7-8-26-10-13/h1-4,13-14H,5-10H2. The molecular formula is C18H18F3N3O3. The maximum atomic E-state index is 12.7. The van der Waals surface area contributed by atoms with E-state index < -0.39 is 12.1 Å². The fourth-order valence-electron chi connectivity index (χ4n) is 3.15. The Morgan fingerprint density at radius 1 is 1.19 bits per heavy atom. The largest absolute Gasteiger partial charge is 0.471 e. The molecule has 2 fully saturated rings. The molecule has 1 aliphatic carbocycles. The number of amides is 1. The van der Waals surface area contributed by atoms with Gasteiger partial charge >= 0.3 is 12.1 Å². The number of hydrogen-bond acceptors (Lipinski definition) is 5. The molecule has 0 spiro atoms. The van der Waals surface area contributed by atoms with Gasteiger partial charge < -0.3 is 14.2 Å². The van der Waals surface area contributed by atoms with E-state index in [-0.39, 0.29) is 23.7 Å². The van der Waals surface area contributed by atoms with E-state index in [1.165, 1.54) is 0 Å². The number of carbonyl (C=O) groups excluding carboxylic acids is 1. The van der Waals surface area contributed by atoms with Crippen molar-refractivity contribution in [3.05, 3.63) is 35.7 Å². The van der Waals surface area contributed by atoms with Gasteiger partial charge in [0.25, 0.3) is 0 Å². The van der Waals surface area contributed by atoms with Crippen LogP contribution in [0, 0.1) is 5.92 Å². The number of nitrogens with zero attached hydrogens (tertiary/aromatic N) is 3. The van der Waals surface area contributed by atoms with E-state index in [1.807, 2.05) is 4.90 Å². The molecule has 1 saturated heterocycles. The second-order valence-corrected chi connectivity index (χ2v) is 6.88. The number of benzene rings is 1. The Morgan fingerprint density at radius 3 is 2.48 bits per heavy atom. The summed E-state index contributed by atoms with van der Waals surface area (Å²) in [7, 11) is 0. The van der Waals surface area contributed by atoms with E-state index >= 15 is 0 Å². The average Bonchev–Trinajstić information content (AvgIpc) is 3.13. The molecule has 2 aromatic rings. The van der Waals surface area contributed by atoms with E-state index in [1.54, 1.807) is 24.3 Å². The Labute approximate surface area is 153 Å². The molecule has 1 aromatic carbocycles. The van der Waals surface area contributed by atoms with E-state index in [4.69, 9.17) is 4.74 Å². The zero-order valence-corrected chi connectivity index (χ0v) is 14.4. The second-order valence-electron chi connectivity index (χ2n) is 6.88. The van der Waals surface area contributed by atoms with Crippen molar-refractivity contribution in [1.82, 2.24) is 15.0 Å². The molecule has 2 aliphatic rings. The van der Waals surface area contributed by atoms with Gasteiger partial charge in [0.2, 0.25) is 11.7 Å². The second kappa shape index (κ2) is 6.95. The van der Waals surface area contributed by atoms with Crippen LogP contribution in [0.5, 0.6) is 0 Å². The van der Waals surface area contributed by atoms with Crippen LogP contribution in [0.15, 0.2) is 28.8 Å². The smallest absolute Gasteiger partial charge is 0.381 e. The van der Waals surface area contributed by atoms with Crippen molar-refractivity contribution < 1.29 is 27.2 Å². The highest BCUT2D eigenvalue weighted by Crippen LogP contribution is 2.32. The average molecular weight is 381 g/mol. The van der Waals surface area contributed by atoms with Crippen LogP contribution < -0.4 is 0 Å². The van der Waals surface area contributed by atoms with Crippen LogP contribution in [0.4, 0.5) is 13.2 Å². The van der Waals surface area contributed by atoms with Crippen LogP contribution in [0.3, 0.4) is 0 Å². The summed E-state index contributed by atoms with van der Waals surface area (Å²) >= 11 is 0. The molecule has 1 atom stereocenters. The normalized spacial score (nSPS) is 20.0. The van der Waals surface area contributed by atoms with Gasteiger partial charge in [0.1, 0.15) is 0 Å². The fraction of sp³-hybridized carbons (Fsp3) is 0.500. The number of hydrogen-bond donors (Lipinski definition) is 0. The van der Waals surface area contributed by atoms with Gasteiger partial charge in [-0.05, 0) is 24.8 Å². The predicted octanol–water partition coefficient (Wildman–Crippen LogP) is 3.28. The summed E-state index contributed by atoms with van der Waals surface area (Å²) in [5, 5.41) is 3.38. The molecule has 1 unspecified atom stereocenters. The molecule has 1 saturated carbocycles. The van der Waals surface area contributed by atoms with Crippen LogP contribution in [0.25, 0.3) is 11.4 Å². The van der Waals surface area contributed by atoms with Gasteiger partial charge in [0.15, 0.2) is 0 Å². The first kappa shape index (κ1) is 18.0. The lowest BCUT2D eigenvalue weighted by molar-refractivity contribution is -0.159. The van der Waals surface area contributed by atoms with E-state index in [0.29, 0.717) is 25.3 Å². The lowest BCUT2D eigenvalue weighted by Gasteiger charge is -2.25. The first-order valence-electron chi connectivity index (χ1n) is 8.80. The van der Waals surface area contributed by atoms with Crippen LogP contribution in [-0.2, 0) is 22.3 Å². The monoisotopic (exact) mass is 381 g/mol. The zero-order valence-electron chi connectivity index (χ0n) is 14.4. The molecule has 1 amide bonds. The Balaban J connectivity index is 1.46. The van der Waals surface area contributed by atoms with Crippen molar-refractivity contribution >= 4 is 5.91 Å². The van der Waals surface area contributed by atoms with Gasteiger partial charge in [-0.15, -0.1) is 0 Å². The van der Waals surface area contributed by atoms with Crippen molar-refractivity contribution in [3.63, 3.8) is 0 Å². The topological polar surface area (TPSA) is 68.5 Å². The number of aromatic nitrogens is 2. The first-order chi connectivity index (χ1) is 12.9. The summed E-state index contributed by atoms with van der Waals surface area (Å²) in [6, 6.07) is 7.08. The molecule has 0 radical (unpaired) electrons. The summed E-state index contributed by atoms with van der Waals surface area (Å²) in [6.45, 7) is 1.56. The Hall–Kier alpha value is -2.42. The lowest BCUT2D eigenvalue weighted by atomic mass is 10.1. The Kier molecular flexibility index (Phi) is 4.63. The minimum atomic E-state index is -4.67. The fourth-order valence-corrected chi connectivity index (χ4v) is 3.15. The van der Waals surface area contributed by atoms with Crippen molar-refractivity contribution in [3.8, 4) is 11.4 Å². The summed E-state index contributed by atoms with van der Waals surface area (Å²) in [5.41, 5.74) is 1.32. The van der Waals surface area contributed by atoms with Crippen LogP contribution in [0.2, 0.25) is 0 Å². The number of alkyl halides is 3. The van der Waals surface area contributed by atoms with E-state index in [2.05, 4.69) is 14.7 Å². The molecule has 9 heteroatoms. The zero-order chi connectivity index (χ0) is 19.0. The Morgan fingerprint density at radius 2 is 1.93 bits per heavy atom. The number of rotatable bonds is 5. The van der Waals surface area contributed by atoms with E-state index in [0.717, 1.165) is 24.8 Å². The van der Waals surface area contributed by atoms with Gasteiger partial charge in [0, 0.05) is 24.8 Å². The summed E-state index contributed by atoms with van der Waals surface area (Å²) in [5.74, 6) is -1.45. The van der Waals surface area contributed by atoms with Crippen molar-refractivity contribution in [2.24, 2.45) is 5.92 Å². The molecule has 0 N–H and O–H groups in total. The van der Waals surface area contributed by atoms with Crippen LogP contribution in [0.1, 0.15) is 30.7 Å². The third-order valence-electron chi connectivity index (χ3n) is 4.78. The molecule has 4 rings (SSSR count). The molecule has 6 nitrogen and oxygen atoms in total. The van der Waals surface area contributed by atoms with Gasteiger partial charge in [0.05, 0.1) is 12.5 Å².